The average Bonchev–Trinajstić information content (AvgIpc) is 2.78. The highest BCUT2D eigenvalue weighted by atomic mass is 19.4. The van der Waals surface area contributed by atoms with Crippen LogP contribution in [0.2, 0.25) is 0 Å². The molecule has 2 aliphatic heterocycles. The number of fused-ring (bicyclic) bond motifs is 1. The fraction of sp³-hybridized carbons (Fsp3) is 0.480. The van der Waals surface area contributed by atoms with E-state index in [-0.39, 0.29) is 12.1 Å². The molecule has 0 spiro atoms. The summed E-state index contributed by atoms with van der Waals surface area (Å²) in [6.45, 7) is 7.98. The van der Waals surface area contributed by atoms with Crippen molar-refractivity contribution in [2.75, 3.05) is 36.4 Å². The van der Waals surface area contributed by atoms with Gasteiger partial charge >= 0.3 is 6.18 Å². The molecule has 2 fully saturated rings. The lowest BCUT2D eigenvalue weighted by atomic mass is 9.99. The molecule has 9 heteroatoms. The van der Waals surface area contributed by atoms with E-state index in [1.807, 2.05) is 19.2 Å². The molecule has 0 bridgehead atoms. The van der Waals surface area contributed by atoms with E-state index in [2.05, 4.69) is 25.3 Å². The van der Waals surface area contributed by atoms with E-state index in [1.54, 1.807) is 6.07 Å². The highest BCUT2D eigenvalue weighted by molar-refractivity contribution is 5.94. The van der Waals surface area contributed by atoms with Crippen molar-refractivity contribution in [3.05, 3.63) is 52.8 Å². The van der Waals surface area contributed by atoms with Gasteiger partial charge in [-0.1, -0.05) is 12.1 Å². The zero-order valence-electron chi connectivity index (χ0n) is 19.5. The van der Waals surface area contributed by atoms with Gasteiger partial charge in [0.25, 0.3) is 0 Å². The fourth-order valence-electron chi connectivity index (χ4n) is 4.99. The molecule has 3 aromatic rings. The molecule has 2 aliphatic rings. The third kappa shape index (κ3) is 4.41. The largest absolute Gasteiger partial charge is 0.416 e. The number of nitrogens with one attached hydrogen (secondary N) is 1. The summed E-state index contributed by atoms with van der Waals surface area (Å²) in [6, 6.07) is 6.96. The van der Waals surface area contributed by atoms with Crippen molar-refractivity contribution in [2.45, 2.75) is 51.9 Å². The van der Waals surface area contributed by atoms with E-state index in [1.165, 1.54) is 32.5 Å². The molecular formula is C25H29F3N6. The third-order valence-electron chi connectivity index (χ3n) is 7.23. The summed E-state index contributed by atoms with van der Waals surface area (Å²) in [5.74, 6) is 1.46. The fourth-order valence-corrected chi connectivity index (χ4v) is 4.99. The van der Waals surface area contributed by atoms with Gasteiger partial charge < -0.3 is 15.1 Å². The Balaban J connectivity index is 1.37. The number of anilines is 2. The summed E-state index contributed by atoms with van der Waals surface area (Å²) < 4.78 is 39.9. The molecule has 0 radical (unpaired) electrons. The number of alkyl halides is 3. The number of hydrogen-bond donors (Lipinski definition) is 1. The van der Waals surface area contributed by atoms with Gasteiger partial charge in [0.2, 0.25) is 0 Å². The van der Waals surface area contributed by atoms with Crippen LogP contribution in [0.1, 0.15) is 41.6 Å². The highest BCUT2D eigenvalue weighted by Crippen LogP contribution is 2.34. The molecule has 4 heterocycles. The molecule has 2 saturated heterocycles. The summed E-state index contributed by atoms with van der Waals surface area (Å²) in [5.41, 5.74) is 0.957. The minimum Gasteiger partial charge on any atom is -0.364 e. The first-order valence-corrected chi connectivity index (χ1v) is 11.8. The van der Waals surface area contributed by atoms with Gasteiger partial charge in [-0.25, -0.2) is 4.98 Å². The van der Waals surface area contributed by atoms with E-state index in [0.717, 1.165) is 54.3 Å². The number of halogens is 3. The van der Waals surface area contributed by atoms with Gasteiger partial charge in [-0.2, -0.15) is 18.3 Å². The Kier molecular flexibility index (Phi) is 6.06. The zero-order chi connectivity index (χ0) is 23.9. The number of benzene rings is 1. The molecule has 6 nitrogen and oxygen atoms in total. The summed E-state index contributed by atoms with van der Waals surface area (Å²) in [4.78, 5) is 9.58. The Bertz CT molecular complexity index is 1180. The SMILES string of the molecule is Cc1c(CNc2nnc(C)c3cnc(N4CCC(N5CCC5)CC4)cc23)cccc1C(F)(F)F. The Labute approximate surface area is 197 Å². The molecule has 180 valence electrons. The number of nitrogens with zero attached hydrogens (tertiary/aromatic N) is 5. The van der Waals surface area contributed by atoms with Crippen LogP contribution in [0.25, 0.3) is 10.8 Å². The van der Waals surface area contributed by atoms with Gasteiger partial charge in [0, 0.05) is 42.6 Å². The maximum Gasteiger partial charge on any atom is 0.416 e. The Morgan fingerprint density at radius 2 is 1.79 bits per heavy atom. The van der Waals surface area contributed by atoms with Crippen molar-refractivity contribution in [1.82, 2.24) is 20.1 Å². The van der Waals surface area contributed by atoms with Crippen molar-refractivity contribution >= 4 is 22.4 Å². The Morgan fingerprint density at radius 1 is 1.03 bits per heavy atom. The zero-order valence-corrected chi connectivity index (χ0v) is 19.5. The standard InChI is InChI=1S/C25H29F3N6/c1-16-18(5-3-6-22(16)25(26,27)28)14-30-24-20-13-23(29-15-21(20)17(2)31-32-24)34-11-7-19(8-12-34)33-9-4-10-33/h3,5-6,13,15,19H,4,7-12,14H2,1-2H3,(H,30,32). The average molecular weight is 471 g/mol. The van der Waals surface area contributed by atoms with Gasteiger partial charge in [0.05, 0.1) is 11.3 Å². The van der Waals surface area contributed by atoms with E-state index in [0.29, 0.717) is 17.4 Å². The van der Waals surface area contributed by atoms with E-state index in [4.69, 9.17) is 4.98 Å². The van der Waals surface area contributed by atoms with Crippen LogP contribution in [0.4, 0.5) is 24.8 Å². The second-order valence-corrected chi connectivity index (χ2v) is 9.27. The van der Waals surface area contributed by atoms with Crippen LogP contribution in [-0.4, -0.2) is 52.3 Å². The van der Waals surface area contributed by atoms with E-state index >= 15 is 0 Å². The molecule has 0 saturated carbocycles. The third-order valence-corrected chi connectivity index (χ3v) is 7.23. The number of aryl methyl sites for hydroxylation is 1. The lowest BCUT2D eigenvalue weighted by molar-refractivity contribution is -0.138. The number of aromatic nitrogens is 3. The van der Waals surface area contributed by atoms with Crippen LogP contribution in [0, 0.1) is 13.8 Å². The van der Waals surface area contributed by atoms with Crippen LogP contribution in [0.3, 0.4) is 0 Å². The maximum atomic E-state index is 13.3. The molecule has 2 aromatic heterocycles. The lowest BCUT2D eigenvalue weighted by Crippen LogP contribution is -2.50. The van der Waals surface area contributed by atoms with Crippen LogP contribution in [0.15, 0.2) is 30.5 Å². The van der Waals surface area contributed by atoms with Gasteiger partial charge in [-0.05, 0) is 69.5 Å². The predicted molar refractivity (Wildman–Crippen MR) is 127 cm³/mol. The van der Waals surface area contributed by atoms with Crippen molar-refractivity contribution < 1.29 is 13.2 Å². The molecule has 0 aliphatic carbocycles. The first-order valence-electron chi connectivity index (χ1n) is 11.8. The summed E-state index contributed by atoms with van der Waals surface area (Å²) in [5, 5.41) is 13.6. The minimum atomic E-state index is -4.37. The van der Waals surface area contributed by atoms with Crippen molar-refractivity contribution in [1.29, 1.82) is 0 Å². The number of pyridine rings is 1. The second kappa shape index (κ2) is 9.02. The van der Waals surface area contributed by atoms with Crippen LogP contribution in [-0.2, 0) is 12.7 Å². The molecule has 0 amide bonds. The van der Waals surface area contributed by atoms with Crippen molar-refractivity contribution in [2.24, 2.45) is 0 Å². The number of rotatable bonds is 5. The summed E-state index contributed by atoms with van der Waals surface area (Å²) in [7, 11) is 0. The second-order valence-electron chi connectivity index (χ2n) is 9.27. The van der Waals surface area contributed by atoms with Crippen molar-refractivity contribution in [3.8, 4) is 0 Å². The molecule has 0 unspecified atom stereocenters. The van der Waals surface area contributed by atoms with Crippen LogP contribution < -0.4 is 10.2 Å². The quantitative estimate of drug-likeness (QED) is 0.570. The summed E-state index contributed by atoms with van der Waals surface area (Å²) >= 11 is 0. The summed E-state index contributed by atoms with van der Waals surface area (Å²) in [6.07, 6.45) is 1.03. The Morgan fingerprint density at radius 3 is 2.47 bits per heavy atom. The first-order chi connectivity index (χ1) is 16.3. The molecule has 1 N–H and O–H groups in total. The van der Waals surface area contributed by atoms with Crippen LogP contribution >= 0.6 is 0 Å². The normalized spacial score (nSPS) is 17.7. The number of piperidine rings is 1. The smallest absolute Gasteiger partial charge is 0.364 e. The van der Waals surface area contributed by atoms with Gasteiger partial charge in [0.15, 0.2) is 5.82 Å². The van der Waals surface area contributed by atoms with E-state index in [9.17, 15) is 13.2 Å². The van der Waals surface area contributed by atoms with Gasteiger partial charge in [-0.3, -0.25) is 0 Å². The Hall–Kier alpha value is -2.94. The van der Waals surface area contributed by atoms with Crippen LogP contribution in [0.5, 0.6) is 0 Å². The molecular weight excluding hydrogens is 441 g/mol. The molecule has 0 atom stereocenters. The maximum absolute atomic E-state index is 13.3. The van der Waals surface area contributed by atoms with Crippen molar-refractivity contribution in [3.63, 3.8) is 0 Å². The van der Waals surface area contributed by atoms with Gasteiger partial charge in [0.1, 0.15) is 5.82 Å². The number of hydrogen-bond acceptors (Lipinski definition) is 6. The number of likely N-dealkylation sites (tertiary alicyclic amines) is 1. The minimum absolute atomic E-state index is 0.222. The monoisotopic (exact) mass is 470 g/mol. The first kappa shape index (κ1) is 22.8. The highest BCUT2D eigenvalue weighted by Gasteiger charge is 2.33. The van der Waals surface area contributed by atoms with E-state index < -0.39 is 11.7 Å². The lowest BCUT2D eigenvalue weighted by Gasteiger charge is -2.43. The molecule has 1 aromatic carbocycles. The molecule has 5 rings (SSSR count). The topological polar surface area (TPSA) is 57.2 Å². The van der Waals surface area contributed by atoms with Gasteiger partial charge in [-0.15, -0.1) is 5.10 Å². The predicted octanol–water partition coefficient (Wildman–Crippen LogP) is 4.95. The molecule has 34 heavy (non-hydrogen) atoms.